The van der Waals surface area contributed by atoms with E-state index in [1.54, 1.807) is 30.6 Å². The normalized spacial score (nSPS) is 13.1. The number of hydrogen-bond donors (Lipinski definition) is 3. The van der Waals surface area contributed by atoms with E-state index < -0.39 is 6.09 Å². The largest absolute Gasteiger partial charge is 0.465 e. The van der Waals surface area contributed by atoms with Gasteiger partial charge in [-0.25, -0.2) is 9.59 Å². The Labute approximate surface area is 133 Å². The number of amides is 3. The average Bonchev–Trinajstić information content (AvgIpc) is 2.55. The van der Waals surface area contributed by atoms with E-state index in [4.69, 9.17) is 5.11 Å². The van der Waals surface area contributed by atoms with Crippen molar-refractivity contribution >= 4 is 23.5 Å². The summed E-state index contributed by atoms with van der Waals surface area (Å²) < 4.78 is 0. The van der Waals surface area contributed by atoms with Crippen LogP contribution in [0.1, 0.15) is 11.1 Å². The summed E-state index contributed by atoms with van der Waals surface area (Å²) in [5.74, 6) is 0. The molecule has 1 aromatic carbocycles. The molecule has 0 saturated carbocycles. The van der Waals surface area contributed by atoms with E-state index in [-0.39, 0.29) is 6.03 Å². The van der Waals surface area contributed by atoms with Crippen LogP contribution in [0.25, 0.3) is 0 Å². The molecule has 3 amide bonds. The predicted octanol–water partition coefficient (Wildman–Crippen LogP) is 2.76. The van der Waals surface area contributed by atoms with E-state index in [0.717, 1.165) is 11.1 Å². The Morgan fingerprint density at radius 2 is 1.78 bits per heavy atom. The number of urea groups is 1. The lowest BCUT2D eigenvalue weighted by Gasteiger charge is -2.26. The molecule has 2 aromatic rings. The van der Waals surface area contributed by atoms with Gasteiger partial charge in [0.2, 0.25) is 0 Å². The van der Waals surface area contributed by atoms with Crippen LogP contribution in [0, 0.1) is 0 Å². The summed E-state index contributed by atoms with van der Waals surface area (Å²) in [5.41, 5.74) is 3.37. The molecule has 0 radical (unpaired) electrons. The van der Waals surface area contributed by atoms with Gasteiger partial charge in [-0.05, 0) is 41.8 Å². The van der Waals surface area contributed by atoms with E-state index in [0.29, 0.717) is 30.9 Å². The number of benzene rings is 1. The zero-order valence-electron chi connectivity index (χ0n) is 12.3. The smallest absolute Gasteiger partial charge is 0.407 e. The highest BCUT2D eigenvalue weighted by Gasteiger charge is 2.20. The fourth-order valence-corrected chi connectivity index (χ4v) is 2.52. The highest BCUT2D eigenvalue weighted by molar-refractivity contribution is 5.99. The first-order chi connectivity index (χ1) is 11.1. The number of carbonyl (C=O) groups is 2. The molecule has 1 aliphatic rings. The van der Waals surface area contributed by atoms with E-state index in [9.17, 15) is 9.59 Å². The summed E-state index contributed by atoms with van der Waals surface area (Å²) in [4.78, 5) is 28.2. The second-order valence-corrected chi connectivity index (χ2v) is 5.25. The Morgan fingerprint density at radius 3 is 2.52 bits per heavy atom. The van der Waals surface area contributed by atoms with E-state index in [2.05, 4.69) is 15.6 Å². The minimum absolute atomic E-state index is 0.334. The quantitative estimate of drug-likeness (QED) is 0.794. The van der Waals surface area contributed by atoms with Crippen LogP contribution in [0.3, 0.4) is 0 Å². The standard InChI is InChI=1S/C16H16N4O3/c21-15(18-13-3-6-17-7-4-13)19-14-2-1-12-10-20(16(22)23)8-5-11(12)9-14/h1-4,6-7,9H,5,8,10H2,(H,22,23)(H2,17,18,19,21). The van der Waals surface area contributed by atoms with Crippen LogP contribution >= 0.6 is 0 Å². The first-order valence-corrected chi connectivity index (χ1v) is 7.19. The first-order valence-electron chi connectivity index (χ1n) is 7.19. The van der Waals surface area contributed by atoms with Gasteiger partial charge in [0.05, 0.1) is 0 Å². The lowest BCUT2D eigenvalue weighted by Crippen LogP contribution is -2.34. The van der Waals surface area contributed by atoms with Crippen LogP contribution in [0.4, 0.5) is 21.0 Å². The number of hydrogen-bond acceptors (Lipinski definition) is 3. The lowest BCUT2D eigenvalue weighted by atomic mass is 9.99. The number of nitrogens with one attached hydrogen (secondary N) is 2. The van der Waals surface area contributed by atoms with Gasteiger partial charge in [0, 0.05) is 36.9 Å². The molecule has 1 aromatic heterocycles. The third-order valence-electron chi connectivity index (χ3n) is 3.69. The van der Waals surface area contributed by atoms with E-state index >= 15 is 0 Å². The summed E-state index contributed by atoms with van der Waals surface area (Å²) in [5, 5.41) is 14.5. The number of fused-ring (bicyclic) bond motifs is 1. The number of carbonyl (C=O) groups excluding carboxylic acids is 1. The van der Waals surface area contributed by atoms with Gasteiger partial charge in [0.25, 0.3) is 0 Å². The molecule has 0 saturated heterocycles. The molecule has 0 atom stereocenters. The fourth-order valence-electron chi connectivity index (χ4n) is 2.52. The molecule has 0 spiro atoms. The Hall–Kier alpha value is -3.09. The van der Waals surface area contributed by atoms with Crippen LogP contribution < -0.4 is 10.6 Å². The predicted molar refractivity (Wildman–Crippen MR) is 85.5 cm³/mol. The topological polar surface area (TPSA) is 94.6 Å². The SMILES string of the molecule is O=C(Nc1ccncc1)Nc1ccc2c(c1)CCN(C(=O)O)C2. The van der Waals surface area contributed by atoms with Crippen molar-refractivity contribution in [3.63, 3.8) is 0 Å². The van der Waals surface area contributed by atoms with Crippen LogP contribution in [0.2, 0.25) is 0 Å². The average molecular weight is 312 g/mol. The third-order valence-corrected chi connectivity index (χ3v) is 3.69. The van der Waals surface area contributed by atoms with Crippen molar-refractivity contribution in [3.8, 4) is 0 Å². The van der Waals surface area contributed by atoms with Crippen molar-refractivity contribution in [1.29, 1.82) is 0 Å². The molecule has 23 heavy (non-hydrogen) atoms. The Kier molecular flexibility index (Phi) is 4.09. The molecule has 7 heteroatoms. The van der Waals surface area contributed by atoms with Crippen molar-refractivity contribution in [2.45, 2.75) is 13.0 Å². The molecular weight excluding hydrogens is 296 g/mol. The maximum atomic E-state index is 12.0. The van der Waals surface area contributed by atoms with Gasteiger partial charge >= 0.3 is 12.1 Å². The van der Waals surface area contributed by atoms with Crippen molar-refractivity contribution in [1.82, 2.24) is 9.88 Å². The van der Waals surface area contributed by atoms with Gasteiger partial charge in [-0.15, -0.1) is 0 Å². The molecule has 118 valence electrons. The summed E-state index contributed by atoms with van der Waals surface area (Å²) >= 11 is 0. The molecule has 0 fully saturated rings. The Bertz CT molecular complexity index is 733. The summed E-state index contributed by atoms with van der Waals surface area (Å²) in [6, 6.07) is 8.59. The van der Waals surface area contributed by atoms with Crippen molar-refractivity contribution in [2.24, 2.45) is 0 Å². The number of nitrogens with zero attached hydrogens (tertiary/aromatic N) is 2. The summed E-state index contributed by atoms with van der Waals surface area (Å²) in [6.07, 6.45) is 2.93. The lowest BCUT2D eigenvalue weighted by molar-refractivity contribution is 0.140. The Morgan fingerprint density at radius 1 is 1.04 bits per heavy atom. The Balaban J connectivity index is 1.66. The highest BCUT2D eigenvalue weighted by Crippen LogP contribution is 2.22. The number of aromatic nitrogens is 1. The van der Waals surface area contributed by atoms with E-state index in [1.807, 2.05) is 12.1 Å². The van der Waals surface area contributed by atoms with Gasteiger partial charge in [-0.2, -0.15) is 0 Å². The molecule has 0 aliphatic carbocycles. The van der Waals surface area contributed by atoms with Crippen LogP contribution in [0.15, 0.2) is 42.7 Å². The van der Waals surface area contributed by atoms with Gasteiger partial charge in [-0.3, -0.25) is 4.98 Å². The number of rotatable bonds is 2. The summed E-state index contributed by atoms with van der Waals surface area (Å²) in [6.45, 7) is 0.850. The minimum Gasteiger partial charge on any atom is -0.465 e. The van der Waals surface area contributed by atoms with Crippen molar-refractivity contribution < 1.29 is 14.7 Å². The van der Waals surface area contributed by atoms with Gasteiger partial charge in [0.15, 0.2) is 0 Å². The summed E-state index contributed by atoms with van der Waals surface area (Å²) in [7, 11) is 0. The molecule has 3 N–H and O–H groups in total. The molecule has 2 heterocycles. The van der Waals surface area contributed by atoms with Crippen LogP contribution in [-0.4, -0.2) is 33.7 Å². The minimum atomic E-state index is -0.908. The van der Waals surface area contributed by atoms with Gasteiger partial charge < -0.3 is 20.6 Å². The monoisotopic (exact) mass is 312 g/mol. The maximum Gasteiger partial charge on any atom is 0.407 e. The van der Waals surface area contributed by atoms with E-state index in [1.165, 1.54) is 4.90 Å². The molecule has 1 aliphatic heterocycles. The highest BCUT2D eigenvalue weighted by atomic mass is 16.4. The molecular formula is C16H16N4O3. The molecule has 3 rings (SSSR count). The molecule has 0 bridgehead atoms. The first kappa shape index (κ1) is 14.8. The fraction of sp³-hybridized carbons (Fsp3) is 0.188. The zero-order valence-corrected chi connectivity index (χ0v) is 12.3. The van der Waals surface area contributed by atoms with Crippen molar-refractivity contribution in [3.05, 3.63) is 53.9 Å². The maximum absolute atomic E-state index is 12.0. The second-order valence-electron chi connectivity index (χ2n) is 5.25. The van der Waals surface area contributed by atoms with Gasteiger partial charge in [0.1, 0.15) is 0 Å². The third kappa shape index (κ3) is 3.57. The van der Waals surface area contributed by atoms with Crippen molar-refractivity contribution in [2.75, 3.05) is 17.2 Å². The van der Waals surface area contributed by atoms with Gasteiger partial charge in [-0.1, -0.05) is 6.07 Å². The number of pyridine rings is 1. The second kappa shape index (κ2) is 6.35. The molecule has 7 nitrogen and oxygen atoms in total. The molecule has 0 unspecified atom stereocenters. The zero-order chi connectivity index (χ0) is 16.2. The number of carboxylic acid groups (broad SMARTS) is 1. The number of anilines is 2. The van der Waals surface area contributed by atoms with Crippen LogP contribution in [-0.2, 0) is 13.0 Å². The van der Waals surface area contributed by atoms with Crippen LogP contribution in [0.5, 0.6) is 0 Å².